The molecule has 0 saturated heterocycles. The molecular formula is C13H13FN2O. The Bertz CT molecular complexity index is 529. The molecule has 2 aromatic rings. The number of methoxy groups -OCH3 is 1. The highest BCUT2D eigenvalue weighted by Gasteiger charge is 2.07. The van der Waals surface area contributed by atoms with Crippen molar-refractivity contribution in [2.75, 3.05) is 12.8 Å². The summed E-state index contributed by atoms with van der Waals surface area (Å²) in [6.07, 6.45) is 2.04. The van der Waals surface area contributed by atoms with Gasteiger partial charge in [-0.1, -0.05) is 12.1 Å². The van der Waals surface area contributed by atoms with Crippen molar-refractivity contribution in [2.24, 2.45) is 0 Å². The lowest BCUT2D eigenvalue weighted by atomic mass is 10.1. The van der Waals surface area contributed by atoms with Crippen molar-refractivity contribution >= 4 is 5.82 Å². The Morgan fingerprint density at radius 2 is 2.12 bits per heavy atom. The minimum absolute atomic E-state index is 0.299. The molecule has 0 amide bonds. The second-order valence-corrected chi connectivity index (χ2v) is 3.68. The molecule has 0 aliphatic carbocycles. The fourth-order valence-electron chi connectivity index (χ4n) is 1.60. The minimum atomic E-state index is -0.299. The summed E-state index contributed by atoms with van der Waals surface area (Å²) in [5.41, 5.74) is 7.11. The van der Waals surface area contributed by atoms with Gasteiger partial charge in [0.25, 0.3) is 0 Å². The van der Waals surface area contributed by atoms with Gasteiger partial charge in [-0.3, -0.25) is 0 Å². The van der Waals surface area contributed by atoms with Crippen molar-refractivity contribution in [2.45, 2.75) is 6.42 Å². The zero-order valence-electron chi connectivity index (χ0n) is 9.48. The Labute approximate surface area is 99.1 Å². The number of anilines is 1. The van der Waals surface area contributed by atoms with Crippen molar-refractivity contribution in [1.82, 2.24) is 4.98 Å². The third-order valence-electron chi connectivity index (χ3n) is 2.57. The van der Waals surface area contributed by atoms with Crippen LogP contribution in [0.2, 0.25) is 0 Å². The van der Waals surface area contributed by atoms with Crippen LogP contribution >= 0.6 is 0 Å². The predicted molar refractivity (Wildman–Crippen MR) is 64.4 cm³/mol. The summed E-state index contributed by atoms with van der Waals surface area (Å²) in [4.78, 5) is 3.97. The van der Waals surface area contributed by atoms with E-state index in [1.54, 1.807) is 24.4 Å². The summed E-state index contributed by atoms with van der Waals surface area (Å²) in [6.45, 7) is 0. The number of pyridine rings is 1. The lowest BCUT2D eigenvalue weighted by molar-refractivity contribution is 0.411. The molecule has 0 atom stereocenters. The molecule has 88 valence electrons. The average molecular weight is 232 g/mol. The zero-order chi connectivity index (χ0) is 12.3. The van der Waals surface area contributed by atoms with Crippen LogP contribution in [0.3, 0.4) is 0 Å². The fraction of sp³-hybridized carbons (Fsp3) is 0.154. The lowest BCUT2D eigenvalue weighted by Crippen LogP contribution is -2.00. The van der Waals surface area contributed by atoms with Gasteiger partial charge in [0.1, 0.15) is 17.4 Å². The molecule has 0 saturated carbocycles. The molecule has 1 heterocycles. The quantitative estimate of drug-likeness (QED) is 0.884. The van der Waals surface area contributed by atoms with Crippen molar-refractivity contribution in [3.63, 3.8) is 0 Å². The van der Waals surface area contributed by atoms with Gasteiger partial charge < -0.3 is 10.5 Å². The molecule has 0 fully saturated rings. The molecule has 1 aromatic heterocycles. The van der Waals surface area contributed by atoms with E-state index >= 15 is 0 Å². The number of halogens is 1. The molecule has 0 unspecified atom stereocenters. The van der Waals surface area contributed by atoms with Crippen LogP contribution in [0, 0.1) is 5.82 Å². The number of rotatable bonds is 3. The smallest absolute Gasteiger partial charge is 0.130 e. The van der Waals surface area contributed by atoms with Crippen molar-refractivity contribution in [3.05, 3.63) is 53.5 Å². The number of hydrogen-bond donors (Lipinski definition) is 1. The Balaban J connectivity index is 2.28. The lowest BCUT2D eigenvalue weighted by Gasteiger charge is -2.07. The zero-order valence-corrected chi connectivity index (χ0v) is 9.48. The molecule has 0 aliphatic heterocycles. The number of aromatic nitrogens is 1. The van der Waals surface area contributed by atoms with Gasteiger partial charge >= 0.3 is 0 Å². The molecular weight excluding hydrogens is 219 g/mol. The van der Waals surface area contributed by atoms with E-state index in [0.29, 0.717) is 23.6 Å². The molecule has 3 nitrogen and oxygen atoms in total. The number of hydrogen-bond acceptors (Lipinski definition) is 3. The summed E-state index contributed by atoms with van der Waals surface area (Å²) in [7, 11) is 1.51. The van der Waals surface area contributed by atoms with Gasteiger partial charge in [0.05, 0.1) is 7.11 Å². The number of nitrogen functional groups attached to an aromatic ring is 1. The van der Waals surface area contributed by atoms with Gasteiger partial charge in [-0.05, 0) is 23.3 Å². The number of nitrogens with two attached hydrogens (primary N) is 1. The molecule has 17 heavy (non-hydrogen) atoms. The molecule has 4 heteroatoms. The first-order valence-corrected chi connectivity index (χ1v) is 5.22. The normalized spacial score (nSPS) is 10.2. The van der Waals surface area contributed by atoms with E-state index in [1.807, 2.05) is 6.07 Å². The molecule has 0 aliphatic rings. The summed E-state index contributed by atoms with van der Waals surface area (Å²) in [5, 5.41) is 0. The van der Waals surface area contributed by atoms with Crippen LogP contribution in [-0.2, 0) is 6.42 Å². The van der Waals surface area contributed by atoms with Crippen LogP contribution in [-0.4, -0.2) is 12.1 Å². The van der Waals surface area contributed by atoms with E-state index in [2.05, 4.69) is 4.98 Å². The van der Waals surface area contributed by atoms with Crippen LogP contribution in [0.1, 0.15) is 11.1 Å². The molecule has 0 radical (unpaired) electrons. The second-order valence-electron chi connectivity index (χ2n) is 3.68. The summed E-state index contributed by atoms with van der Waals surface area (Å²) in [5.74, 6) is 0.640. The van der Waals surface area contributed by atoms with Gasteiger partial charge in [-0.15, -0.1) is 0 Å². The van der Waals surface area contributed by atoms with E-state index in [1.165, 1.54) is 13.2 Å². The maximum Gasteiger partial charge on any atom is 0.130 e. The number of nitrogens with zero attached hydrogens (tertiary/aromatic N) is 1. The third-order valence-corrected chi connectivity index (χ3v) is 2.57. The summed E-state index contributed by atoms with van der Waals surface area (Å²) in [6, 6.07) is 8.41. The first-order chi connectivity index (χ1) is 8.20. The second kappa shape index (κ2) is 4.82. The Morgan fingerprint density at radius 3 is 2.76 bits per heavy atom. The van der Waals surface area contributed by atoms with Gasteiger partial charge in [0.2, 0.25) is 0 Å². The highest BCUT2D eigenvalue weighted by molar-refractivity contribution is 5.42. The van der Waals surface area contributed by atoms with Crippen LogP contribution < -0.4 is 10.5 Å². The minimum Gasteiger partial charge on any atom is -0.497 e. The van der Waals surface area contributed by atoms with E-state index < -0.39 is 0 Å². The maximum atomic E-state index is 13.7. The monoisotopic (exact) mass is 232 g/mol. The molecule has 2 rings (SSSR count). The van der Waals surface area contributed by atoms with Gasteiger partial charge in [-0.25, -0.2) is 9.37 Å². The topological polar surface area (TPSA) is 48.1 Å². The summed E-state index contributed by atoms with van der Waals surface area (Å²) < 4.78 is 18.7. The molecule has 0 spiro atoms. The average Bonchev–Trinajstić information content (AvgIpc) is 2.34. The van der Waals surface area contributed by atoms with E-state index in [-0.39, 0.29) is 5.82 Å². The standard InChI is InChI=1S/C13H13FN2O/c1-17-11-5-4-9(12(14)8-11)7-10-3-2-6-16-13(10)15/h2-6,8H,7H2,1H3,(H2,15,16). The highest BCUT2D eigenvalue weighted by Crippen LogP contribution is 2.20. The van der Waals surface area contributed by atoms with E-state index in [9.17, 15) is 4.39 Å². The van der Waals surface area contributed by atoms with Crippen molar-refractivity contribution < 1.29 is 9.13 Å². The van der Waals surface area contributed by atoms with Crippen LogP contribution in [0.15, 0.2) is 36.5 Å². The van der Waals surface area contributed by atoms with Crippen molar-refractivity contribution in [1.29, 1.82) is 0 Å². The molecule has 1 aromatic carbocycles. The van der Waals surface area contributed by atoms with E-state index in [0.717, 1.165) is 5.56 Å². The SMILES string of the molecule is COc1ccc(Cc2cccnc2N)c(F)c1. The summed E-state index contributed by atoms with van der Waals surface area (Å²) >= 11 is 0. The Hall–Kier alpha value is -2.10. The fourth-order valence-corrected chi connectivity index (χ4v) is 1.60. The van der Waals surface area contributed by atoms with E-state index in [4.69, 9.17) is 10.5 Å². The number of benzene rings is 1. The Morgan fingerprint density at radius 1 is 1.29 bits per heavy atom. The maximum absolute atomic E-state index is 13.7. The number of ether oxygens (including phenoxy) is 1. The molecule has 0 bridgehead atoms. The van der Waals surface area contributed by atoms with Gasteiger partial charge in [0, 0.05) is 18.7 Å². The van der Waals surface area contributed by atoms with Crippen LogP contribution in [0.5, 0.6) is 5.75 Å². The van der Waals surface area contributed by atoms with Crippen molar-refractivity contribution in [3.8, 4) is 5.75 Å². The van der Waals surface area contributed by atoms with Gasteiger partial charge in [0.15, 0.2) is 0 Å². The predicted octanol–water partition coefficient (Wildman–Crippen LogP) is 2.40. The molecule has 2 N–H and O–H groups in total. The first kappa shape index (κ1) is 11.4. The first-order valence-electron chi connectivity index (χ1n) is 5.22. The van der Waals surface area contributed by atoms with Crippen LogP contribution in [0.25, 0.3) is 0 Å². The van der Waals surface area contributed by atoms with Gasteiger partial charge in [-0.2, -0.15) is 0 Å². The van der Waals surface area contributed by atoms with Crippen LogP contribution in [0.4, 0.5) is 10.2 Å². The third kappa shape index (κ3) is 2.53. The largest absolute Gasteiger partial charge is 0.497 e. The Kier molecular flexibility index (Phi) is 3.23. The highest BCUT2D eigenvalue weighted by atomic mass is 19.1.